The first-order chi connectivity index (χ1) is 10.9. The number of fused-ring (bicyclic) bond motifs is 1. The van der Waals surface area contributed by atoms with E-state index in [2.05, 4.69) is 9.97 Å². The first-order valence-corrected chi connectivity index (χ1v) is 8.13. The average molecular weight is 393 g/mol. The molecule has 120 valence electrons. The van der Waals surface area contributed by atoms with Gasteiger partial charge in [-0.2, -0.15) is 0 Å². The number of nitrogens with zero attached hydrogens (tertiary/aromatic N) is 1. The Morgan fingerprint density at radius 1 is 1.38 bits per heavy atom. The number of hydrogen-bond donors (Lipinski definition) is 2. The van der Waals surface area contributed by atoms with Crippen LogP contribution in [0.3, 0.4) is 0 Å². The molecule has 0 saturated carbocycles. The van der Waals surface area contributed by atoms with Crippen molar-refractivity contribution in [1.29, 1.82) is 0 Å². The number of carboxylic acid groups (broad SMARTS) is 1. The first-order valence-electron chi connectivity index (χ1n) is 6.56. The Kier molecular flexibility index (Phi) is 6.12. The van der Waals surface area contributed by atoms with Crippen LogP contribution >= 0.6 is 34.5 Å². The molecule has 0 atom stereocenters. The summed E-state index contributed by atoms with van der Waals surface area (Å²) in [5.41, 5.74) is 0.937. The van der Waals surface area contributed by atoms with Crippen LogP contribution in [0.1, 0.15) is 28.0 Å². The molecule has 5 nitrogen and oxygen atoms in total. The van der Waals surface area contributed by atoms with Crippen molar-refractivity contribution >= 4 is 50.7 Å². The Morgan fingerprint density at radius 3 is 2.71 bits per heavy atom. The molecule has 0 saturated heterocycles. The van der Waals surface area contributed by atoms with E-state index in [1.54, 1.807) is 25.1 Å². The van der Waals surface area contributed by atoms with E-state index in [0.29, 0.717) is 38.1 Å². The number of aryl methyl sites for hydroxylation is 1. The number of carboxylic acids is 1. The van der Waals surface area contributed by atoms with Gasteiger partial charge in [0.1, 0.15) is 15.5 Å². The fraction of sp³-hybridized carbons (Fsp3) is 0.133. The molecule has 1 aromatic carbocycles. The smallest absolute Gasteiger partial charge is 1.00 e. The number of H-pyrrole nitrogens is 1. The third kappa shape index (κ3) is 3.69. The van der Waals surface area contributed by atoms with E-state index < -0.39 is 5.97 Å². The topological polar surface area (TPSA) is 83.0 Å². The minimum absolute atomic E-state index is 0. The summed E-state index contributed by atoms with van der Waals surface area (Å²) in [4.78, 5) is 31.0. The molecule has 3 aromatic rings. The van der Waals surface area contributed by atoms with Gasteiger partial charge in [-0.3, -0.25) is 4.79 Å². The first kappa shape index (κ1) is 19.4. The van der Waals surface area contributed by atoms with Crippen LogP contribution in [0, 0.1) is 6.92 Å². The van der Waals surface area contributed by atoms with Crippen LogP contribution in [0.25, 0.3) is 10.2 Å². The van der Waals surface area contributed by atoms with Crippen LogP contribution in [0.5, 0.6) is 0 Å². The van der Waals surface area contributed by atoms with Crippen molar-refractivity contribution in [3.8, 4) is 0 Å². The largest absolute Gasteiger partial charge is 1.00 e. The molecule has 2 heterocycles. The number of carbonyl (C=O) groups is 1. The fourth-order valence-electron chi connectivity index (χ4n) is 2.32. The van der Waals surface area contributed by atoms with Crippen LogP contribution in [0.4, 0.5) is 0 Å². The van der Waals surface area contributed by atoms with E-state index in [0.717, 1.165) is 16.9 Å². The van der Waals surface area contributed by atoms with Gasteiger partial charge in [0.25, 0.3) is 5.56 Å². The standard InChI is InChI=1S/C15H10Cl2N2O3S.Na.H/c1-6-11-13(20)18-10(19-14(11)23-12(6)15(21)22)5-7-2-3-8(16)9(17)4-7;;/h2-4H,5H2,1H3,(H,21,22)(H,18,19,20);;/q;+1;-1. The molecule has 0 aliphatic heterocycles. The summed E-state index contributed by atoms with van der Waals surface area (Å²) in [7, 11) is 0. The zero-order chi connectivity index (χ0) is 16.7. The summed E-state index contributed by atoms with van der Waals surface area (Å²) in [6.07, 6.45) is 0.363. The number of aromatic carboxylic acids is 1. The second-order valence-electron chi connectivity index (χ2n) is 4.98. The van der Waals surface area contributed by atoms with Crippen LogP contribution in [-0.2, 0) is 6.42 Å². The molecule has 2 aromatic heterocycles. The van der Waals surface area contributed by atoms with Gasteiger partial charge in [-0.15, -0.1) is 11.3 Å². The van der Waals surface area contributed by atoms with Crippen molar-refractivity contribution in [2.75, 3.05) is 0 Å². The van der Waals surface area contributed by atoms with Gasteiger partial charge >= 0.3 is 35.5 Å². The molecule has 0 spiro atoms. The molecule has 0 bridgehead atoms. The molecule has 24 heavy (non-hydrogen) atoms. The normalized spacial score (nSPS) is 10.6. The molecule has 0 fully saturated rings. The van der Waals surface area contributed by atoms with Crippen molar-refractivity contribution in [1.82, 2.24) is 9.97 Å². The predicted molar refractivity (Wildman–Crippen MR) is 92.3 cm³/mol. The maximum atomic E-state index is 12.2. The van der Waals surface area contributed by atoms with Gasteiger partial charge in [0.2, 0.25) is 0 Å². The second kappa shape index (κ2) is 7.56. The van der Waals surface area contributed by atoms with Crippen molar-refractivity contribution < 1.29 is 40.9 Å². The summed E-state index contributed by atoms with van der Waals surface area (Å²) < 4.78 is 0. The molecule has 3 rings (SSSR count). The van der Waals surface area contributed by atoms with Gasteiger partial charge in [0, 0.05) is 6.42 Å². The van der Waals surface area contributed by atoms with Crippen molar-refractivity contribution in [2.24, 2.45) is 0 Å². The third-order valence-electron chi connectivity index (χ3n) is 3.40. The number of aromatic amines is 1. The summed E-state index contributed by atoms with van der Waals surface area (Å²) in [6, 6.07) is 5.17. The molecule has 9 heteroatoms. The Hall–Kier alpha value is -0.890. The zero-order valence-corrected chi connectivity index (χ0v) is 17.1. The van der Waals surface area contributed by atoms with Gasteiger partial charge < -0.3 is 11.5 Å². The van der Waals surface area contributed by atoms with Gasteiger partial charge in [-0.1, -0.05) is 29.3 Å². The fourth-order valence-corrected chi connectivity index (χ4v) is 3.68. The number of aromatic nitrogens is 2. The Balaban J connectivity index is 0.00000156. The molecule has 0 aliphatic carbocycles. The minimum atomic E-state index is -1.06. The van der Waals surface area contributed by atoms with E-state index in [-0.39, 0.29) is 41.4 Å². The van der Waals surface area contributed by atoms with Gasteiger partial charge in [0.15, 0.2) is 0 Å². The summed E-state index contributed by atoms with van der Waals surface area (Å²) in [5, 5.41) is 10.4. The van der Waals surface area contributed by atoms with E-state index in [1.165, 1.54) is 0 Å². The van der Waals surface area contributed by atoms with E-state index in [4.69, 9.17) is 28.3 Å². The number of benzene rings is 1. The maximum absolute atomic E-state index is 12.2. The number of halogens is 2. The van der Waals surface area contributed by atoms with Crippen LogP contribution in [0.2, 0.25) is 10.0 Å². The van der Waals surface area contributed by atoms with Crippen LogP contribution < -0.4 is 35.1 Å². The van der Waals surface area contributed by atoms with E-state index >= 15 is 0 Å². The quantitative estimate of drug-likeness (QED) is 0.651. The van der Waals surface area contributed by atoms with Crippen molar-refractivity contribution in [2.45, 2.75) is 13.3 Å². The summed E-state index contributed by atoms with van der Waals surface area (Å²) in [6.45, 7) is 1.61. The van der Waals surface area contributed by atoms with Crippen LogP contribution in [-0.4, -0.2) is 21.0 Å². The van der Waals surface area contributed by atoms with Gasteiger partial charge in [0.05, 0.1) is 15.4 Å². The van der Waals surface area contributed by atoms with Gasteiger partial charge in [-0.25, -0.2) is 9.78 Å². The minimum Gasteiger partial charge on any atom is -1.00 e. The number of rotatable bonds is 3. The van der Waals surface area contributed by atoms with E-state index in [9.17, 15) is 9.59 Å². The molecule has 2 N–H and O–H groups in total. The maximum Gasteiger partial charge on any atom is 1.00 e. The Labute approximate surface area is 174 Å². The zero-order valence-electron chi connectivity index (χ0n) is 13.8. The van der Waals surface area contributed by atoms with Crippen molar-refractivity contribution in [3.63, 3.8) is 0 Å². The number of nitrogens with one attached hydrogen (secondary N) is 1. The molecular formula is C15H11Cl2N2NaO3S. The molecular weight excluding hydrogens is 382 g/mol. The molecule has 0 unspecified atom stereocenters. The van der Waals surface area contributed by atoms with Gasteiger partial charge in [-0.05, 0) is 30.2 Å². The third-order valence-corrected chi connectivity index (χ3v) is 5.31. The molecule has 0 radical (unpaired) electrons. The number of thiophene rings is 1. The predicted octanol–water partition coefficient (Wildman–Crippen LogP) is 1.01. The number of hydrogen-bond acceptors (Lipinski definition) is 4. The molecule has 0 amide bonds. The molecule has 0 aliphatic rings. The Morgan fingerprint density at radius 2 is 2.08 bits per heavy atom. The Bertz CT molecular complexity index is 1010. The summed E-state index contributed by atoms with van der Waals surface area (Å²) in [5.74, 6) is -0.616. The SMILES string of the molecule is Cc1c(C(=O)O)sc2nc(Cc3ccc(Cl)c(Cl)c3)[nH]c(=O)c12.[H-].[Na+]. The monoisotopic (exact) mass is 392 g/mol. The van der Waals surface area contributed by atoms with Crippen LogP contribution in [0.15, 0.2) is 23.0 Å². The van der Waals surface area contributed by atoms with Crippen molar-refractivity contribution in [3.05, 3.63) is 60.4 Å². The van der Waals surface area contributed by atoms with E-state index in [1.807, 2.05) is 0 Å². The second-order valence-corrected chi connectivity index (χ2v) is 6.79. The summed E-state index contributed by atoms with van der Waals surface area (Å²) >= 11 is 12.9. The average Bonchev–Trinajstić information content (AvgIpc) is 2.80.